The molecule has 2 N–H and O–H groups in total. The summed E-state index contributed by atoms with van der Waals surface area (Å²) in [6.07, 6.45) is 1.38. The van der Waals surface area contributed by atoms with Crippen molar-refractivity contribution < 1.29 is 24.3 Å². The fraction of sp³-hybridized carbons (Fsp3) is 0.692. The molecule has 2 saturated heterocycles. The number of rotatable bonds is 2. The first-order valence-electron chi connectivity index (χ1n) is 6.93. The number of likely N-dealkylation sites (N-methyl/N-ethyl adjacent to an activating group) is 1. The molecule has 0 aliphatic carbocycles. The lowest BCUT2D eigenvalue weighted by molar-refractivity contribution is -0.145. The van der Waals surface area contributed by atoms with E-state index in [2.05, 4.69) is 5.32 Å². The second-order valence-corrected chi connectivity index (χ2v) is 5.59. The van der Waals surface area contributed by atoms with Gasteiger partial charge < -0.3 is 15.3 Å². The molecule has 0 bridgehead atoms. The number of aliphatic carboxylic acids is 1. The minimum Gasteiger partial charge on any atom is -0.480 e. The highest BCUT2D eigenvalue weighted by Gasteiger charge is 2.41. The summed E-state index contributed by atoms with van der Waals surface area (Å²) in [4.78, 5) is 49.0. The number of hydrogen-bond acceptors (Lipinski definition) is 4. The van der Waals surface area contributed by atoms with E-state index in [4.69, 9.17) is 0 Å². The van der Waals surface area contributed by atoms with Crippen LogP contribution in [0.4, 0.5) is 4.79 Å². The first-order chi connectivity index (χ1) is 9.82. The Morgan fingerprint density at radius 3 is 2.52 bits per heavy atom. The predicted octanol–water partition coefficient (Wildman–Crippen LogP) is -0.362. The van der Waals surface area contributed by atoms with Crippen molar-refractivity contribution in [3.05, 3.63) is 0 Å². The summed E-state index contributed by atoms with van der Waals surface area (Å²) in [5.41, 5.74) is 0. The van der Waals surface area contributed by atoms with Gasteiger partial charge in [-0.25, -0.2) is 9.59 Å². The zero-order valence-electron chi connectivity index (χ0n) is 12.0. The molecule has 8 nitrogen and oxygen atoms in total. The van der Waals surface area contributed by atoms with E-state index in [0.717, 1.165) is 17.7 Å². The molecule has 2 heterocycles. The lowest BCUT2D eigenvalue weighted by Crippen LogP contribution is -2.57. The van der Waals surface area contributed by atoms with E-state index in [0.29, 0.717) is 6.54 Å². The van der Waals surface area contributed by atoms with Gasteiger partial charge in [0, 0.05) is 13.6 Å². The van der Waals surface area contributed by atoms with Gasteiger partial charge in [0.25, 0.3) is 5.91 Å². The van der Waals surface area contributed by atoms with Crippen LogP contribution in [-0.4, -0.2) is 64.4 Å². The van der Waals surface area contributed by atoms with Crippen LogP contribution in [0.25, 0.3) is 0 Å². The van der Waals surface area contributed by atoms with Crippen LogP contribution in [-0.2, 0) is 14.4 Å². The lowest BCUT2D eigenvalue weighted by Gasteiger charge is -2.37. The van der Waals surface area contributed by atoms with Crippen LogP contribution in [0.1, 0.15) is 26.2 Å². The van der Waals surface area contributed by atoms with E-state index in [1.165, 1.54) is 11.9 Å². The maximum atomic E-state index is 12.2. The normalized spacial score (nSPS) is 29.7. The van der Waals surface area contributed by atoms with Gasteiger partial charge in [-0.15, -0.1) is 0 Å². The molecule has 0 aromatic carbocycles. The zero-order chi connectivity index (χ0) is 15.7. The summed E-state index contributed by atoms with van der Waals surface area (Å²) in [5.74, 6) is -2.02. The van der Waals surface area contributed by atoms with Crippen LogP contribution >= 0.6 is 0 Å². The number of nitrogens with one attached hydrogen (secondary N) is 1. The molecule has 2 aliphatic heterocycles. The van der Waals surface area contributed by atoms with Gasteiger partial charge in [-0.2, -0.15) is 0 Å². The maximum Gasteiger partial charge on any atom is 0.326 e. The van der Waals surface area contributed by atoms with Crippen LogP contribution in [0.5, 0.6) is 0 Å². The van der Waals surface area contributed by atoms with Gasteiger partial charge in [-0.05, 0) is 18.8 Å². The van der Waals surface area contributed by atoms with Crippen molar-refractivity contribution in [1.82, 2.24) is 15.1 Å². The van der Waals surface area contributed by atoms with E-state index in [1.54, 1.807) is 6.92 Å². The summed E-state index contributed by atoms with van der Waals surface area (Å²) in [6.45, 7) is 2.12. The second kappa shape index (κ2) is 5.71. The molecule has 8 heteroatoms. The summed E-state index contributed by atoms with van der Waals surface area (Å²) in [6, 6.07) is -2.40. The molecule has 0 radical (unpaired) electrons. The fourth-order valence-electron chi connectivity index (χ4n) is 2.89. The zero-order valence-corrected chi connectivity index (χ0v) is 12.0. The lowest BCUT2D eigenvalue weighted by atomic mass is 9.91. The number of imide groups is 1. The quantitative estimate of drug-likeness (QED) is 0.677. The van der Waals surface area contributed by atoms with Crippen LogP contribution in [0.2, 0.25) is 0 Å². The molecule has 0 aromatic rings. The Bertz CT molecular complexity index is 492. The molecular weight excluding hydrogens is 278 g/mol. The Labute approximate surface area is 122 Å². The summed E-state index contributed by atoms with van der Waals surface area (Å²) >= 11 is 0. The average molecular weight is 297 g/mol. The minimum atomic E-state index is -1.05. The molecular formula is C13H19N3O5. The van der Waals surface area contributed by atoms with Gasteiger partial charge in [-0.3, -0.25) is 14.5 Å². The van der Waals surface area contributed by atoms with Gasteiger partial charge in [-0.1, -0.05) is 6.92 Å². The smallest absolute Gasteiger partial charge is 0.326 e. The Balaban J connectivity index is 2.07. The van der Waals surface area contributed by atoms with Gasteiger partial charge in [0.05, 0.1) is 6.42 Å². The van der Waals surface area contributed by atoms with Crippen molar-refractivity contribution in [2.75, 3.05) is 13.6 Å². The summed E-state index contributed by atoms with van der Waals surface area (Å²) < 4.78 is 0. The number of carboxylic acids is 1. The van der Waals surface area contributed by atoms with Crippen molar-refractivity contribution in [1.29, 1.82) is 0 Å². The van der Waals surface area contributed by atoms with Crippen molar-refractivity contribution in [2.45, 2.75) is 38.3 Å². The maximum absolute atomic E-state index is 12.2. The molecule has 2 fully saturated rings. The van der Waals surface area contributed by atoms with Gasteiger partial charge in [0.15, 0.2) is 0 Å². The van der Waals surface area contributed by atoms with Crippen LogP contribution in [0.15, 0.2) is 0 Å². The SMILES string of the molecule is CC1CCCN(C(=O)NC2CC(=O)N(C)C2=O)C1C(=O)O. The number of likely N-dealkylation sites (tertiary alicyclic amines) is 2. The van der Waals surface area contributed by atoms with Gasteiger partial charge >= 0.3 is 12.0 Å². The van der Waals surface area contributed by atoms with E-state index in [9.17, 15) is 24.3 Å². The molecule has 3 unspecified atom stereocenters. The Morgan fingerprint density at radius 2 is 2.00 bits per heavy atom. The average Bonchev–Trinajstić information content (AvgIpc) is 2.65. The molecule has 116 valence electrons. The third-order valence-electron chi connectivity index (χ3n) is 4.13. The molecule has 2 rings (SSSR count). The summed E-state index contributed by atoms with van der Waals surface area (Å²) in [7, 11) is 1.36. The number of carbonyl (C=O) groups excluding carboxylic acids is 3. The number of nitrogens with zero attached hydrogens (tertiary/aromatic N) is 2. The molecule has 3 atom stereocenters. The highest BCUT2D eigenvalue weighted by molar-refractivity contribution is 6.06. The first kappa shape index (κ1) is 15.3. The van der Waals surface area contributed by atoms with Crippen LogP contribution in [0, 0.1) is 5.92 Å². The van der Waals surface area contributed by atoms with E-state index < -0.39 is 30.0 Å². The second-order valence-electron chi connectivity index (χ2n) is 5.59. The van der Waals surface area contributed by atoms with E-state index in [1.807, 2.05) is 0 Å². The third-order valence-corrected chi connectivity index (χ3v) is 4.13. The van der Waals surface area contributed by atoms with Crippen molar-refractivity contribution in [3.63, 3.8) is 0 Å². The number of hydrogen-bond donors (Lipinski definition) is 2. The molecule has 0 aromatic heterocycles. The van der Waals surface area contributed by atoms with Gasteiger partial charge in [0.1, 0.15) is 12.1 Å². The number of amides is 4. The topological polar surface area (TPSA) is 107 Å². The van der Waals surface area contributed by atoms with E-state index >= 15 is 0 Å². The highest BCUT2D eigenvalue weighted by atomic mass is 16.4. The molecule has 0 spiro atoms. The molecule has 4 amide bonds. The monoisotopic (exact) mass is 297 g/mol. The van der Waals surface area contributed by atoms with E-state index in [-0.39, 0.29) is 18.2 Å². The molecule has 2 aliphatic rings. The number of urea groups is 1. The molecule has 21 heavy (non-hydrogen) atoms. The van der Waals surface area contributed by atoms with Gasteiger partial charge in [0.2, 0.25) is 5.91 Å². The minimum absolute atomic E-state index is 0.0811. The Morgan fingerprint density at radius 1 is 1.33 bits per heavy atom. The van der Waals surface area contributed by atoms with Crippen molar-refractivity contribution in [2.24, 2.45) is 5.92 Å². The summed E-state index contributed by atoms with van der Waals surface area (Å²) in [5, 5.41) is 11.8. The Kier molecular flexibility index (Phi) is 4.15. The van der Waals surface area contributed by atoms with Crippen LogP contribution in [0.3, 0.4) is 0 Å². The van der Waals surface area contributed by atoms with Crippen molar-refractivity contribution in [3.8, 4) is 0 Å². The van der Waals surface area contributed by atoms with Crippen LogP contribution < -0.4 is 5.32 Å². The largest absolute Gasteiger partial charge is 0.480 e. The number of carbonyl (C=O) groups is 4. The number of piperidine rings is 1. The first-order valence-corrected chi connectivity index (χ1v) is 6.93. The molecule has 0 saturated carbocycles. The fourth-order valence-corrected chi connectivity index (χ4v) is 2.89. The number of carboxylic acid groups (broad SMARTS) is 1. The highest BCUT2D eigenvalue weighted by Crippen LogP contribution is 2.24. The van der Waals surface area contributed by atoms with Crippen molar-refractivity contribution >= 4 is 23.8 Å². The third kappa shape index (κ3) is 2.84. The Hall–Kier alpha value is -2.12. The standard InChI is InChI=1S/C13H19N3O5/c1-7-4-3-5-16(10(7)12(19)20)13(21)14-8-6-9(17)15(2)11(8)18/h7-8,10H,3-6H2,1-2H3,(H,14,21)(H,19,20). The predicted molar refractivity (Wildman–Crippen MR) is 71.2 cm³/mol.